The molecule has 0 radical (unpaired) electrons. The second-order valence-corrected chi connectivity index (χ2v) is 7.72. The van der Waals surface area contributed by atoms with Crippen LogP contribution in [0.3, 0.4) is 0 Å². The van der Waals surface area contributed by atoms with E-state index in [1.807, 2.05) is 36.4 Å². The summed E-state index contributed by atoms with van der Waals surface area (Å²) in [6.45, 7) is 2.79. The van der Waals surface area contributed by atoms with Crippen LogP contribution in [0.4, 0.5) is 5.95 Å². The minimum Gasteiger partial charge on any atom is -0.368 e. The molecule has 3 aromatic rings. The number of carbonyl (C=O) groups is 1. The van der Waals surface area contributed by atoms with Crippen LogP contribution in [0.15, 0.2) is 48.5 Å². The first-order valence-electron chi connectivity index (χ1n) is 9.33. The van der Waals surface area contributed by atoms with Crippen molar-refractivity contribution in [1.82, 2.24) is 14.9 Å². The Balaban J connectivity index is 1.72. The second-order valence-electron chi connectivity index (χ2n) is 7.72. The summed E-state index contributed by atoms with van der Waals surface area (Å²) >= 11 is 0. The molecule has 2 aromatic carbocycles. The predicted molar refractivity (Wildman–Crippen MR) is 107 cm³/mol. The van der Waals surface area contributed by atoms with Gasteiger partial charge in [0.15, 0.2) is 0 Å². The molecule has 1 aromatic heterocycles. The summed E-state index contributed by atoms with van der Waals surface area (Å²) in [5.41, 5.74) is 9.48. The highest BCUT2D eigenvalue weighted by Gasteiger charge is 2.34. The molecule has 1 aliphatic carbocycles. The van der Waals surface area contributed by atoms with Gasteiger partial charge in [0.05, 0.1) is 5.52 Å². The molecule has 5 nitrogen and oxygen atoms in total. The summed E-state index contributed by atoms with van der Waals surface area (Å²) in [5.74, 6) is -0.0181. The van der Waals surface area contributed by atoms with Crippen molar-refractivity contribution < 1.29 is 4.79 Å². The highest BCUT2D eigenvalue weighted by atomic mass is 16.2. The van der Waals surface area contributed by atoms with E-state index in [9.17, 15) is 4.79 Å². The highest BCUT2D eigenvalue weighted by molar-refractivity contribution is 6.04. The molecule has 0 bridgehead atoms. The number of anilines is 1. The van der Waals surface area contributed by atoms with E-state index in [1.165, 1.54) is 24.8 Å². The van der Waals surface area contributed by atoms with Crippen molar-refractivity contribution in [1.29, 1.82) is 0 Å². The minimum absolute atomic E-state index is 0.126. The molecule has 1 saturated carbocycles. The van der Waals surface area contributed by atoms with Gasteiger partial charge in [-0.1, -0.05) is 49.7 Å². The molecule has 0 atom stereocenters. The van der Waals surface area contributed by atoms with Crippen LogP contribution in [0.1, 0.15) is 47.8 Å². The lowest BCUT2D eigenvalue weighted by Gasteiger charge is -2.39. The van der Waals surface area contributed by atoms with Gasteiger partial charge in [-0.15, -0.1) is 0 Å². The lowest BCUT2D eigenvalue weighted by molar-refractivity contribution is 0.0781. The van der Waals surface area contributed by atoms with Crippen LogP contribution in [0.25, 0.3) is 10.9 Å². The number of nitrogens with two attached hydrogens (primary N) is 1. The average Bonchev–Trinajstić information content (AvgIpc) is 2.65. The van der Waals surface area contributed by atoms with Crippen LogP contribution < -0.4 is 5.73 Å². The first kappa shape index (κ1) is 17.5. The summed E-state index contributed by atoms with van der Waals surface area (Å²) in [6.07, 6.45) is 3.59. The number of hydrogen-bond donors (Lipinski definition) is 1. The maximum Gasteiger partial charge on any atom is 0.273 e. The van der Waals surface area contributed by atoms with Crippen LogP contribution in [-0.2, 0) is 12.0 Å². The van der Waals surface area contributed by atoms with Crippen LogP contribution in [-0.4, -0.2) is 27.8 Å². The lowest BCUT2D eigenvalue weighted by atomic mass is 9.66. The summed E-state index contributed by atoms with van der Waals surface area (Å²) in [4.78, 5) is 23.4. The number of nitrogen functional groups attached to an aromatic ring is 1. The Morgan fingerprint density at radius 2 is 1.89 bits per heavy atom. The van der Waals surface area contributed by atoms with Crippen molar-refractivity contribution in [3.8, 4) is 0 Å². The molecular weight excluding hydrogens is 336 g/mol. The number of rotatable bonds is 4. The molecule has 4 rings (SSSR count). The third kappa shape index (κ3) is 3.25. The number of hydrogen-bond acceptors (Lipinski definition) is 4. The normalized spacial score (nSPS) is 15.3. The van der Waals surface area contributed by atoms with E-state index in [1.54, 1.807) is 11.9 Å². The van der Waals surface area contributed by atoms with E-state index in [4.69, 9.17) is 5.73 Å². The van der Waals surface area contributed by atoms with Crippen molar-refractivity contribution in [2.24, 2.45) is 0 Å². The van der Waals surface area contributed by atoms with E-state index < -0.39 is 0 Å². The number of amides is 1. The fourth-order valence-corrected chi connectivity index (χ4v) is 3.79. The lowest BCUT2D eigenvalue weighted by Crippen LogP contribution is -2.30. The van der Waals surface area contributed by atoms with Crippen molar-refractivity contribution in [2.75, 3.05) is 12.8 Å². The Hall–Kier alpha value is -2.95. The van der Waals surface area contributed by atoms with Crippen molar-refractivity contribution in [2.45, 2.75) is 38.1 Å². The van der Waals surface area contributed by atoms with Gasteiger partial charge in [-0.3, -0.25) is 4.79 Å². The van der Waals surface area contributed by atoms with Crippen molar-refractivity contribution >= 4 is 22.8 Å². The first-order valence-corrected chi connectivity index (χ1v) is 9.33. The molecule has 0 unspecified atom stereocenters. The molecule has 5 heteroatoms. The van der Waals surface area contributed by atoms with Gasteiger partial charge in [0.2, 0.25) is 5.95 Å². The fraction of sp³-hybridized carbons (Fsp3) is 0.318. The second kappa shape index (κ2) is 6.65. The van der Waals surface area contributed by atoms with Gasteiger partial charge in [-0.2, -0.15) is 0 Å². The Bertz CT molecular complexity index is 996. The van der Waals surface area contributed by atoms with Crippen LogP contribution in [0.5, 0.6) is 0 Å². The molecule has 0 saturated heterocycles. The summed E-state index contributed by atoms with van der Waals surface area (Å²) in [6, 6.07) is 16.1. The maximum absolute atomic E-state index is 13.1. The van der Waals surface area contributed by atoms with Gasteiger partial charge in [0.1, 0.15) is 5.69 Å². The maximum atomic E-state index is 13.1. The smallest absolute Gasteiger partial charge is 0.273 e. The fourth-order valence-electron chi connectivity index (χ4n) is 3.79. The molecule has 2 N–H and O–H groups in total. The average molecular weight is 360 g/mol. The largest absolute Gasteiger partial charge is 0.368 e. The molecule has 1 heterocycles. The van der Waals surface area contributed by atoms with E-state index in [2.05, 4.69) is 29.0 Å². The molecule has 1 aliphatic rings. The number of nitrogens with zero attached hydrogens (tertiary/aromatic N) is 3. The number of aromatic nitrogens is 2. The number of fused-ring (bicyclic) bond motifs is 1. The first-order chi connectivity index (χ1) is 13.0. The molecular formula is C22H24N4O. The van der Waals surface area contributed by atoms with Crippen molar-refractivity contribution in [3.05, 3.63) is 65.4 Å². The monoisotopic (exact) mass is 360 g/mol. The zero-order valence-corrected chi connectivity index (χ0v) is 15.8. The highest BCUT2D eigenvalue weighted by Crippen LogP contribution is 2.43. The topological polar surface area (TPSA) is 72.1 Å². The molecule has 0 aliphatic heterocycles. The number of benzene rings is 2. The Labute approximate surface area is 159 Å². The Kier molecular flexibility index (Phi) is 4.30. The van der Waals surface area contributed by atoms with Gasteiger partial charge in [0.25, 0.3) is 5.91 Å². The summed E-state index contributed by atoms with van der Waals surface area (Å²) < 4.78 is 0. The number of carbonyl (C=O) groups excluding carboxylic acids is 1. The van der Waals surface area contributed by atoms with Gasteiger partial charge < -0.3 is 10.6 Å². The van der Waals surface area contributed by atoms with Gasteiger partial charge >= 0.3 is 0 Å². The van der Waals surface area contributed by atoms with E-state index in [-0.39, 0.29) is 17.3 Å². The molecule has 1 amide bonds. The molecule has 138 valence electrons. The van der Waals surface area contributed by atoms with Crippen LogP contribution in [0, 0.1) is 0 Å². The zero-order valence-electron chi connectivity index (χ0n) is 15.8. The molecule has 27 heavy (non-hydrogen) atoms. The minimum atomic E-state index is -0.145. The molecule has 1 fully saturated rings. The SMILES string of the molecule is CN(Cc1ccccc1)C(=O)c1nc(N)nc2ccc(C3(C)CCC3)cc12. The van der Waals surface area contributed by atoms with Gasteiger partial charge in [-0.05, 0) is 41.5 Å². The van der Waals surface area contributed by atoms with Crippen molar-refractivity contribution in [3.63, 3.8) is 0 Å². The third-order valence-electron chi connectivity index (χ3n) is 5.68. The Morgan fingerprint density at radius 1 is 1.15 bits per heavy atom. The van der Waals surface area contributed by atoms with E-state index in [0.29, 0.717) is 17.8 Å². The van der Waals surface area contributed by atoms with Gasteiger partial charge in [0, 0.05) is 19.0 Å². The standard InChI is InChI=1S/C22H24N4O/c1-22(11-6-12-22)16-9-10-18-17(13-16)19(25-21(23)24-18)20(27)26(2)14-15-7-4-3-5-8-15/h3-5,7-10,13H,6,11-12,14H2,1-2H3,(H2,23,24,25). The van der Waals surface area contributed by atoms with Gasteiger partial charge in [-0.25, -0.2) is 9.97 Å². The predicted octanol–water partition coefficient (Wildman–Crippen LogP) is 3.93. The summed E-state index contributed by atoms with van der Waals surface area (Å²) in [7, 11) is 1.79. The quantitative estimate of drug-likeness (QED) is 0.765. The van der Waals surface area contributed by atoms with Crippen LogP contribution in [0.2, 0.25) is 0 Å². The van der Waals surface area contributed by atoms with Crippen LogP contribution >= 0.6 is 0 Å². The zero-order chi connectivity index (χ0) is 19.0. The summed E-state index contributed by atoms with van der Waals surface area (Å²) in [5, 5.41) is 0.778. The molecule has 0 spiro atoms. The van der Waals surface area contributed by atoms with E-state index >= 15 is 0 Å². The van der Waals surface area contributed by atoms with E-state index in [0.717, 1.165) is 10.9 Å². The third-order valence-corrected chi connectivity index (χ3v) is 5.68. The Morgan fingerprint density at radius 3 is 2.56 bits per heavy atom.